The maximum absolute atomic E-state index is 2.55. The molecule has 0 aromatic heterocycles. The largest absolute Gasteiger partial charge is 0.366 e. The third-order valence-electron chi connectivity index (χ3n) is 5.36. The smallest absolute Gasteiger partial charge is 0.0430 e. The molecule has 0 unspecified atom stereocenters. The van der Waals surface area contributed by atoms with Crippen LogP contribution in [0.1, 0.15) is 23.1 Å². The molecule has 4 rings (SSSR count). The summed E-state index contributed by atoms with van der Waals surface area (Å²) in [6.07, 6.45) is 3.53. The van der Waals surface area contributed by atoms with Gasteiger partial charge in [-0.1, -0.05) is 97.1 Å². The van der Waals surface area contributed by atoms with Gasteiger partial charge in [0.15, 0.2) is 0 Å². The Morgan fingerprint density at radius 3 is 1.61 bits per heavy atom. The molecular weight excluding hydrogens is 340 g/mol. The van der Waals surface area contributed by atoms with E-state index in [0.717, 1.165) is 39.1 Å². The second kappa shape index (κ2) is 9.38. The van der Waals surface area contributed by atoms with Crippen molar-refractivity contribution in [2.75, 3.05) is 13.1 Å². The second-order valence-electron chi connectivity index (χ2n) is 7.49. The number of hydrogen-bond acceptors (Lipinski definition) is 2. The van der Waals surface area contributed by atoms with Gasteiger partial charge in [0.1, 0.15) is 0 Å². The summed E-state index contributed by atoms with van der Waals surface area (Å²) < 4.78 is 0. The lowest BCUT2D eigenvalue weighted by atomic mass is 10.1. The van der Waals surface area contributed by atoms with Crippen molar-refractivity contribution in [2.24, 2.45) is 0 Å². The molecule has 2 heteroatoms. The van der Waals surface area contributed by atoms with Crippen molar-refractivity contribution in [2.45, 2.75) is 26.1 Å². The summed E-state index contributed by atoms with van der Waals surface area (Å²) >= 11 is 0. The molecule has 0 fully saturated rings. The minimum atomic E-state index is 0.959. The van der Waals surface area contributed by atoms with Crippen LogP contribution in [0, 0.1) is 0 Å². The second-order valence-corrected chi connectivity index (χ2v) is 7.49. The highest BCUT2D eigenvalue weighted by Crippen LogP contribution is 2.22. The Balaban J connectivity index is 1.46. The van der Waals surface area contributed by atoms with Crippen LogP contribution < -0.4 is 0 Å². The van der Waals surface area contributed by atoms with Crippen molar-refractivity contribution < 1.29 is 0 Å². The number of hydrogen-bond donors (Lipinski definition) is 0. The van der Waals surface area contributed by atoms with E-state index < -0.39 is 0 Å². The fourth-order valence-corrected chi connectivity index (χ4v) is 3.84. The molecule has 1 heterocycles. The zero-order chi connectivity index (χ0) is 19.0. The van der Waals surface area contributed by atoms with Gasteiger partial charge in [0.25, 0.3) is 0 Å². The Hall–Kier alpha value is -2.84. The highest BCUT2D eigenvalue weighted by molar-refractivity contribution is 5.21. The lowest BCUT2D eigenvalue weighted by Crippen LogP contribution is -2.33. The molecular formula is C26H28N2. The molecule has 3 aromatic carbocycles. The van der Waals surface area contributed by atoms with E-state index in [0.29, 0.717) is 0 Å². The van der Waals surface area contributed by atoms with E-state index in [1.54, 1.807) is 0 Å². The molecule has 1 aliphatic rings. The molecule has 0 spiro atoms. The van der Waals surface area contributed by atoms with E-state index in [1.807, 2.05) is 0 Å². The zero-order valence-corrected chi connectivity index (χ0v) is 16.4. The van der Waals surface area contributed by atoms with Crippen molar-refractivity contribution in [1.82, 2.24) is 9.80 Å². The Morgan fingerprint density at radius 1 is 0.643 bits per heavy atom. The molecule has 2 nitrogen and oxygen atoms in total. The van der Waals surface area contributed by atoms with Gasteiger partial charge in [0, 0.05) is 38.4 Å². The van der Waals surface area contributed by atoms with Crippen molar-refractivity contribution >= 4 is 0 Å². The van der Waals surface area contributed by atoms with Crippen LogP contribution in [0.25, 0.3) is 0 Å². The number of rotatable bonds is 7. The molecule has 1 aliphatic heterocycles. The van der Waals surface area contributed by atoms with E-state index in [2.05, 4.69) is 107 Å². The first-order valence-electron chi connectivity index (χ1n) is 10.1. The minimum absolute atomic E-state index is 0.959. The molecule has 0 radical (unpaired) electrons. The molecule has 0 atom stereocenters. The van der Waals surface area contributed by atoms with Crippen LogP contribution in [0.5, 0.6) is 0 Å². The summed E-state index contributed by atoms with van der Waals surface area (Å²) in [6.45, 7) is 5.08. The summed E-state index contributed by atoms with van der Waals surface area (Å²) in [4.78, 5) is 5.08. The van der Waals surface area contributed by atoms with Gasteiger partial charge in [-0.05, 0) is 23.1 Å². The molecule has 3 aromatic rings. The average molecular weight is 369 g/mol. The monoisotopic (exact) mass is 368 g/mol. The maximum atomic E-state index is 2.55. The first-order chi connectivity index (χ1) is 13.9. The van der Waals surface area contributed by atoms with Crippen LogP contribution in [0.2, 0.25) is 0 Å². The lowest BCUT2D eigenvalue weighted by molar-refractivity contribution is 0.241. The van der Waals surface area contributed by atoms with Gasteiger partial charge in [-0.25, -0.2) is 0 Å². The van der Waals surface area contributed by atoms with Gasteiger partial charge >= 0.3 is 0 Å². The summed E-state index contributed by atoms with van der Waals surface area (Å²) in [5, 5.41) is 0. The van der Waals surface area contributed by atoms with Crippen molar-refractivity contribution in [3.05, 3.63) is 119 Å². The predicted molar refractivity (Wildman–Crippen MR) is 117 cm³/mol. The first-order valence-corrected chi connectivity index (χ1v) is 10.1. The highest BCUT2D eigenvalue weighted by atomic mass is 15.2. The third-order valence-corrected chi connectivity index (χ3v) is 5.36. The maximum Gasteiger partial charge on any atom is 0.0430 e. The van der Waals surface area contributed by atoms with Crippen LogP contribution in [-0.4, -0.2) is 22.9 Å². The van der Waals surface area contributed by atoms with Crippen LogP contribution >= 0.6 is 0 Å². The molecule has 28 heavy (non-hydrogen) atoms. The van der Waals surface area contributed by atoms with Crippen LogP contribution in [0.15, 0.2) is 103 Å². The van der Waals surface area contributed by atoms with Crippen molar-refractivity contribution in [3.8, 4) is 0 Å². The third kappa shape index (κ3) is 5.11. The van der Waals surface area contributed by atoms with Gasteiger partial charge in [-0.2, -0.15) is 0 Å². The Bertz CT molecular complexity index is 831. The fraction of sp³-hybridized carbons (Fsp3) is 0.231. The van der Waals surface area contributed by atoms with E-state index in [-0.39, 0.29) is 0 Å². The van der Waals surface area contributed by atoms with Gasteiger partial charge in [0.2, 0.25) is 0 Å². The first kappa shape index (κ1) is 18.5. The molecule has 0 saturated heterocycles. The molecule has 0 aliphatic carbocycles. The Labute approximate surface area is 168 Å². The molecule has 142 valence electrons. The summed E-state index contributed by atoms with van der Waals surface area (Å²) in [7, 11) is 0. The highest BCUT2D eigenvalue weighted by Gasteiger charge is 2.17. The van der Waals surface area contributed by atoms with Gasteiger partial charge in [-0.15, -0.1) is 0 Å². The van der Waals surface area contributed by atoms with E-state index in [9.17, 15) is 0 Å². The molecule has 0 bridgehead atoms. The van der Waals surface area contributed by atoms with E-state index in [4.69, 9.17) is 0 Å². The van der Waals surface area contributed by atoms with E-state index >= 15 is 0 Å². The Kier molecular flexibility index (Phi) is 6.21. The molecule has 0 amide bonds. The van der Waals surface area contributed by atoms with E-state index in [1.165, 1.54) is 22.4 Å². The topological polar surface area (TPSA) is 6.48 Å². The van der Waals surface area contributed by atoms with Gasteiger partial charge in [0.05, 0.1) is 0 Å². The van der Waals surface area contributed by atoms with Crippen molar-refractivity contribution in [3.63, 3.8) is 0 Å². The molecule has 0 saturated carbocycles. The lowest BCUT2D eigenvalue weighted by Gasteiger charge is -2.34. The van der Waals surface area contributed by atoms with Gasteiger partial charge in [-0.3, -0.25) is 4.90 Å². The van der Waals surface area contributed by atoms with Crippen LogP contribution in [0.3, 0.4) is 0 Å². The SMILES string of the molecule is C1=C(N(Cc2ccccc2)Cc2ccccc2)CCN(Cc2ccccc2)C1. The quantitative estimate of drug-likeness (QED) is 0.545. The fourth-order valence-electron chi connectivity index (χ4n) is 3.84. The van der Waals surface area contributed by atoms with Crippen LogP contribution in [0.4, 0.5) is 0 Å². The number of benzene rings is 3. The summed E-state index contributed by atoms with van der Waals surface area (Å²) in [5.41, 5.74) is 5.60. The zero-order valence-electron chi connectivity index (χ0n) is 16.4. The number of nitrogens with zero attached hydrogens (tertiary/aromatic N) is 2. The van der Waals surface area contributed by atoms with Crippen LogP contribution in [-0.2, 0) is 19.6 Å². The molecule has 0 N–H and O–H groups in total. The van der Waals surface area contributed by atoms with Crippen molar-refractivity contribution in [1.29, 1.82) is 0 Å². The summed E-state index contributed by atoms with van der Waals surface area (Å²) in [5.74, 6) is 0. The average Bonchev–Trinajstić information content (AvgIpc) is 2.76. The standard InChI is InChI=1S/C26H28N2/c1-4-10-23(11-5-1)20-27-18-16-26(17-19-27)28(21-24-12-6-2-7-13-24)22-25-14-8-3-9-15-25/h1-16H,17-22H2. The minimum Gasteiger partial charge on any atom is -0.366 e. The summed E-state index contributed by atoms with van der Waals surface area (Å²) in [6, 6.07) is 32.4. The normalized spacial score (nSPS) is 14.5. The van der Waals surface area contributed by atoms with Gasteiger partial charge < -0.3 is 4.90 Å². The predicted octanol–water partition coefficient (Wildman–Crippen LogP) is 5.48. The Morgan fingerprint density at radius 2 is 1.14 bits per heavy atom.